The molecule has 0 spiro atoms. The number of hydrogen-bond donors (Lipinski definition) is 2. The third-order valence-corrected chi connectivity index (χ3v) is 3.42. The Bertz CT molecular complexity index is 496. The van der Waals surface area contributed by atoms with Gasteiger partial charge in [-0.3, -0.25) is 4.79 Å². The van der Waals surface area contributed by atoms with Crippen LogP contribution >= 0.6 is 0 Å². The van der Waals surface area contributed by atoms with E-state index in [1.165, 1.54) is 11.1 Å². The molecule has 1 unspecified atom stereocenters. The van der Waals surface area contributed by atoms with Crippen molar-refractivity contribution in [1.29, 1.82) is 0 Å². The fraction of sp³-hybridized carbons (Fsp3) is 0.579. The highest BCUT2D eigenvalue weighted by Crippen LogP contribution is 2.11. The van der Waals surface area contributed by atoms with E-state index in [0.29, 0.717) is 0 Å². The Balaban J connectivity index is 4.04. The molecule has 0 aromatic rings. The van der Waals surface area contributed by atoms with Crippen molar-refractivity contribution in [2.75, 3.05) is 6.61 Å². The van der Waals surface area contributed by atoms with E-state index in [1.807, 2.05) is 6.92 Å². The number of esters is 1. The Morgan fingerprint density at radius 1 is 0.958 bits per heavy atom. The summed E-state index contributed by atoms with van der Waals surface area (Å²) < 4.78 is 4.83. The monoisotopic (exact) mass is 338 g/mol. The number of carbonyl (C=O) groups is 2. The third kappa shape index (κ3) is 12.6. The van der Waals surface area contributed by atoms with Crippen molar-refractivity contribution in [3.63, 3.8) is 0 Å². The highest BCUT2D eigenvalue weighted by atomic mass is 16.5. The minimum atomic E-state index is -1.61. The van der Waals surface area contributed by atoms with E-state index in [-0.39, 0.29) is 6.61 Å². The summed E-state index contributed by atoms with van der Waals surface area (Å²) in [6.45, 7) is 8.32. The Morgan fingerprint density at radius 2 is 1.50 bits per heavy atom. The molecular formula is C19H30O5. The van der Waals surface area contributed by atoms with Crippen LogP contribution in [0.3, 0.4) is 0 Å². The van der Waals surface area contributed by atoms with Crippen LogP contribution in [0, 0.1) is 0 Å². The zero-order valence-corrected chi connectivity index (χ0v) is 15.2. The molecule has 0 radical (unpaired) electrons. The molecule has 24 heavy (non-hydrogen) atoms. The summed E-state index contributed by atoms with van der Waals surface area (Å²) in [6, 6.07) is 0. The van der Waals surface area contributed by atoms with Crippen molar-refractivity contribution in [1.82, 2.24) is 0 Å². The van der Waals surface area contributed by atoms with Gasteiger partial charge in [0.1, 0.15) is 6.61 Å². The quantitative estimate of drug-likeness (QED) is 0.442. The van der Waals surface area contributed by atoms with Crippen LogP contribution in [0.2, 0.25) is 0 Å². The van der Waals surface area contributed by atoms with Crippen LogP contribution in [0.1, 0.15) is 59.8 Å². The van der Waals surface area contributed by atoms with Gasteiger partial charge in [-0.05, 0) is 59.5 Å². The Hall–Kier alpha value is -1.88. The fourth-order valence-electron chi connectivity index (χ4n) is 1.95. The number of aliphatic hydroxyl groups is 1. The van der Waals surface area contributed by atoms with E-state index < -0.39 is 24.5 Å². The Labute approximate surface area is 144 Å². The molecule has 136 valence electrons. The average Bonchev–Trinajstić information content (AvgIpc) is 2.45. The molecule has 5 heteroatoms. The van der Waals surface area contributed by atoms with Crippen molar-refractivity contribution >= 4 is 11.9 Å². The van der Waals surface area contributed by atoms with Gasteiger partial charge in [-0.2, -0.15) is 0 Å². The maximum Gasteiger partial charge on any atom is 0.335 e. The number of allylic oxidation sites excluding steroid dienone is 5. The molecule has 0 heterocycles. The summed E-state index contributed by atoms with van der Waals surface area (Å²) in [5.74, 6) is -2.14. The van der Waals surface area contributed by atoms with Gasteiger partial charge in [0.2, 0.25) is 0 Å². The molecule has 0 rings (SSSR count). The van der Waals surface area contributed by atoms with Crippen molar-refractivity contribution in [2.24, 2.45) is 0 Å². The predicted octanol–water partition coefficient (Wildman–Crippen LogP) is 3.78. The second kappa shape index (κ2) is 12.5. The first-order chi connectivity index (χ1) is 11.2. The largest absolute Gasteiger partial charge is 0.481 e. The van der Waals surface area contributed by atoms with Crippen molar-refractivity contribution in [2.45, 2.75) is 65.9 Å². The lowest BCUT2D eigenvalue weighted by Gasteiger charge is -2.07. The number of aliphatic hydroxyl groups excluding tert-OH is 1. The van der Waals surface area contributed by atoms with Crippen LogP contribution in [0.25, 0.3) is 0 Å². The van der Waals surface area contributed by atoms with E-state index in [2.05, 4.69) is 32.9 Å². The lowest BCUT2D eigenvalue weighted by atomic mass is 10.1. The van der Waals surface area contributed by atoms with E-state index in [9.17, 15) is 14.7 Å². The molecule has 0 aliphatic carbocycles. The first-order valence-electron chi connectivity index (χ1n) is 8.23. The van der Waals surface area contributed by atoms with Crippen LogP contribution in [0.15, 0.2) is 34.9 Å². The van der Waals surface area contributed by atoms with Crippen LogP contribution in [-0.4, -0.2) is 34.9 Å². The highest BCUT2D eigenvalue weighted by molar-refractivity contribution is 5.80. The number of aliphatic carboxylic acids is 1. The van der Waals surface area contributed by atoms with Gasteiger partial charge in [0.25, 0.3) is 0 Å². The minimum absolute atomic E-state index is 0.0462. The zero-order valence-electron chi connectivity index (χ0n) is 15.2. The SMILES string of the molecule is CC(C)=CCCC(C)=CCCC(C)=CCOC(=O)C(O)CC(=O)O. The number of carbonyl (C=O) groups excluding carboxylic acids is 1. The lowest BCUT2D eigenvalue weighted by Crippen LogP contribution is -2.25. The molecule has 0 bridgehead atoms. The number of carboxylic acid groups (broad SMARTS) is 1. The van der Waals surface area contributed by atoms with Crippen LogP contribution in [0.5, 0.6) is 0 Å². The van der Waals surface area contributed by atoms with Gasteiger partial charge in [0.05, 0.1) is 6.42 Å². The Kier molecular flexibility index (Phi) is 11.5. The van der Waals surface area contributed by atoms with Crippen LogP contribution in [0.4, 0.5) is 0 Å². The maximum atomic E-state index is 11.3. The molecule has 0 aromatic carbocycles. The van der Waals surface area contributed by atoms with E-state index in [1.54, 1.807) is 6.08 Å². The minimum Gasteiger partial charge on any atom is -0.481 e. The van der Waals surface area contributed by atoms with Gasteiger partial charge in [0.15, 0.2) is 6.10 Å². The Morgan fingerprint density at radius 3 is 2.04 bits per heavy atom. The molecule has 0 saturated heterocycles. The summed E-state index contributed by atoms with van der Waals surface area (Å²) in [5, 5.41) is 17.8. The number of carboxylic acids is 1. The molecule has 0 saturated carbocycles. The summed E-state index contributed by atoms with van der Waals surface area (Å²) in [7, 11) is 0. The second-order valence-corrected chi connectivity index (χ2v) is 6.20. The van der Waals surface area contributed by atoms with Gasteiger partial charge in [0, 0.05) is 0 Å². The number of rotatable bonds is 11. The van der Waals surface area contributed by atoms with Crippen molar-refractivity contribution < 1.29 is 24.5 Å². The maximum absolute atomic E-state index is 11.3. The number of hydrogen-bond acceptors (Lipinski definition) is 4. The van der Waals surface area contributed by atoms with E-state index in [0.717, 1.165) is 31.3 Å². The molecule has 2 N–H and O–H groups in total. The molecule has 0 aromatic heterocycles. The topological polar surface area (TPSA) is 83.8 Å². The smallest absolute Gasteiger partial charge is 0.335 e. The molecule has 0 fully saturated rings. The normalized spacial score (nSPS) is 13.4. The summed E-state index contributed by atoms with van der Waals surface area (Å²) >= 11 is 0. The summed E-state index contributed by atoms with van der Waals surface area (Å²) in [4.78, 5) is 21.7. The third-order valence-electron chi connectivity index (χ3n) is 3.42. The fourth-order valence-corrected chi connectivity index (χ4v) is 1.95. The summed E-state index contributed by atoms with van der Waals surface area (Å²) in [5.41, 5.74) is 3.79. The molecular weight excluding hydrogens is 308 g/mol. The first-order valence-corrected chi connectivity index (χ1v) is 8.23. The predicted molar refractivity (Wildman–Crippen MR) is 94.6 cm³/mol. The summed E-state index contributed by atoms with van der Waals surface area (Å²) in [6.07, 6.45) is 7.90. The molecule has 5 nitrogen and oxygen atoms in total. The van der Waals surface area contributed by atoms with Gasteiger partial charge in [-0.15, -0.1) is 0 Å². The van der Waals surface area contributed by atoms with Crippen molar-refractivity contribution in [3.8, 4) is 0 Å². The highest BCUT2D eigenvalue weighted by Gasteiger charge is 2.19. The van der Waals surface area contributed by atoms with E-state index in [4.69, 9.17) is 9.84 Å². The molecule has 1 atom stereocenters. The van der Waals surface area contributed by atoms with Crippen LogP contribution in [-0.2, 0) is 14.3 Å². The first kappa shape index (κ1) is 22.1. The molecule has 0 aliphatic heterocycles. The van der Waals surface area contributed by atoms with Crippen LogP contribution < -0.4 is 0 Å². The average molecular weight is 338 g/mol. The lowest BCUT2D eigenvalue weighted by molar-refractivity contribution is -0.157. The van der Waals surface area contributed by atoms with Crippen molar-refractivity contribution in [3.05, 3.63) is 34.9 Å². The van der Waals surface area contributed by atoms with Gasteiger partial charge < -0.3 is 14.9 Å². The molecule has 0 aliphatic rings. The second-order valence-electron chi connectivity index (χ2n) is 6.20. The van der Waals surface area contributed by atoms with Gasteiger partial charge >= 0.3 is 11.9 Å². The van der Waals surface area contributed by atoms with Gasteiger partial charge in [-0.1, -0.05) is 28.9 Å². The van der Waals surface area contributed by atoms with Gasteiger partial charge in [-0.25, -0.2) is 4.79 Å². The van der Waals surface area contributed by atoms with E-state index >= 15 is 0 Å². The molecule has 0 amide bonds. The zero-order chi connectivity index (χ0) is 18.5. The number of ether oxygens (including phenoxy) is 1. The standard InChI is InChI=1S/C19H30O5/c1-14(2)7-5-8-15(3)9-6-10-16(4)11-12-24-19(23)17(20)13-18(21)22/h7,9,11,17,20H,5-6,8,10,12-13H2,1-4H3,(H,21,22).